The van der Waals surface area contributed by atoms with Gasteiger partial charge in [-0.3, -0.25) is 4.79 Å². The van der Waals surface area contributed by atoms with Crippen molar-refractivity contribution in [3.8, 4) is 0 Å². The van der Waals surface area contributed by atoms with Gasteiger partial charge in [-0.2, -0.15) is 0 Å². The molecule has 2 aromatic heterocycles. The Hall–Kier alpha value is -0.790. The Kier molecular flexibility index (Phi) is 3.45. The standard InChI is InChI=1S/C11H10BrN3OS2/c12-9-4-17-11(15-9)10(16)14-6-1-2-7-8(3-6)18-5-13-7/h4-6H,1-3H2,(H,14,16)/t6-/m0/s1. The monoisotopic (exact) mass is 343 g/mol. The molecule has 2 aromatic rings. The van der Waals surface area contributed by atoms with Crippen molar-refractivity contribution in [3.05, 3.63) is 31.1 Å². The Bertz CT molecular complexity index is 580. The normalized spacial score (nSPS) is 18.4. The number of nitrogens with zero attached hydrogens (tertiary/aromatic N) is 2. The maximum absolute atomic E-state index is 12.0. The van der Waals surface area contributed by atoms with Crippen molar-refractivity contribution in [1.82, 2.24) is 15.3 Å². The molecule has 1 atom stereocenters. The summed E-state index contributed by atoms with van der Waals surface area (Å²) >= 11 is 6.28. The van der Waals surface area contributed by atoms with Gasteiger partial charge in [0.1, 0.15) is 4.60 Å². The lowest BCUT2D eigenvalue weighted by Crippen LogP contribution is -2.38. The van der Waals surface area contributed by atoms with Gasteiger partial charge in [0.2, 0.25) is 0 Å². The van der Waals surface area contributed by atoms with Crippen LogP contribution < -0.4 is 5.32 Å². The van der Waals surface area contributed by atoms with Crippen molar-refractivity contribution in [1.29, 1.82) is 0 Å². The summed E-state index contributed by atoms with van der Waals surface area (Å²) in [5.41, 5.74) is 3.08. The van der Waals surface area contributed by atoms with Crippen molar-refractivity contribution >= 4 is 44.5 Å². The minimum Gasteiger partial charge on any atom is -0.347 e. The summed E-state index contributed by atoms with van der Waals surface area (Å²) in [4.78, 5) is 21.7. The molecule has 7 heteroatoms. The lowest BCUT2D eigenvalue weighted by Gasteiger charge is -2.21. The molecule has 0 unspecified atom stereocenters. The van der Waals surface area contributed by atoms with Gasteiger partial charge < -0.3 is 5.32 Å². The Morgan fingerprint density at radius 1 is 1.50 bits per heavy atom. The van der Waals surface area contributed by atoms with Crippen LogP contribution in [0.15, 0.2) is 15.5 Å². The Morgan fingerprint density at radius 3 is 3.17 bits per heavy atom. The fraction of sp³-hybridized carbons (Fsp3) is 0.364. The first-order valence-corrected chi connectivity index (χ1v) is 8.11. The number of aromatic nitrogens is 2. The summed E-state index contributed by atoms with van der Waals surface area (Å²) < 4.78 is 0.714. The highest BCUT2D eigenvalue weighted by Crippen LogP contribution is 2.24. The van der Waals surface area contributed by atoms with E-state index in [1.54, 1.807) is 11.3 Å². The minimum absolute atomic E-state index is 0.0799. The highest BCUT2D eigenvalue weighted by molar-refractivity contribution is 9.10. The number of nitrogens with one attached hydrogen (secondary N) is 1. The molecule has 18 heavy (non-hydrogen) atoms. The lowest BCUT2D eigenvalue weighted by molar-refractivity contribution is 0.0933. The van der Waals surface area contributed by atoms with Crippen LogP contribution in [-0.2, 0) is 12.8 Å². The van der Waals surface area contributed by atoms with Gasteiger partial charge in [-0.05, 0) is 28.8 Å². The van der Waals surface area contributed by atoms with E-state index >= 15 is 0 Å². The van der Waals surface area contributed by atoms with E-state index in [2.05, 4.69) is 31.2 Å². The van der Waals surface area contributed by atoms with Crippen LogP contribution in [-0.4, -0.2) is 21.9 Å². The molecule has 3 rings (SSSR count). The van der Waals surface area contributed by atoms with Gasteiger partial charge in [0.05, 0.1) is 11.2 Å². The molecule has 4 nitrogen and oxygen atoms in total. The maximum atomic E-state index is 12.0. The SMILES string of the molecule is O=C(N[C@H]1CCc2ncsc2C1)c1nc(Br)cs1. The van der Waals surface area contributed by atoms with Gasteiger partial charge in [0.25, 0.3) is 5.91 Å². The van der Waals surface area contributed by atoms with Crippen molar-refractivity contribution in [2.45, 2.75) is 25.3 Å². The minimum atomic E-state index is -0.0799. The topological polar surface area (TPSA) is 54.9 Å². The first kappa shape index (κ1) is 12.3. The number of carbonyl (C=O) groups is 1. The second kappa shape index (κ2) is 5.07. The average molecular weight is 344 g/mol. The smallest absolute Gasteiger partial charge is 0.280 e. The predicted molar refractivity (Wildman–Crippen MR) is 75.2 cm³/mol. The van der Waals surface area contributed by atoms with Crippen molar-refractivity contribution in [2.24, 2.45) is 0 Å². The quantitative estimate of drug-likeness (QED) is 0.911. The summed E-state index contributed by atoms with van der Waals surface area (Å²) in [5, 5.41) is 5.37. The summed E-state index contributed by atoms with van der Waals surface area (Å²) in [6.07, 6.45) is 2.79. The van der Waals surface area contributed by atoms with Crippen LogP contribution in [0, 0.1) is 0 Å². The predicted octanol–water partition coefficient (Wildman–Crippen LogP) is 2.65. The van der Waals surface area contributed by atoms with Gasteiger partial charge in [-0.25, -0.2) is 9.97 Å². The second-order valence-corrected chi connectivity index (χ2v) is 6.72. The third-order valence-electron chi connectivity index (χ3n) is 2.89. The zero-order valence-electron chi connectivity index (χ0n) is 9.35. The molecule has 0 fully saturated rings. The number of hydrogen-bond donors (Lipinski definition) is 1. The van der Waals surface area contributed by atoms with Crippen LogP contribution >= 0.6 is 38.6 Å². The molecule has 0 aliphatic heterocycles. The molecule has 94 valence electrons. The van der Waals surface area contributed by atoms with E-state index in [4.69, 9.17) is 0 Å². The van der Waals surface area contributed by atoms with Crippen LogP contribution in [0.25, 0.3) is 0 Å². The zero-order valence-corrected chi connectivity index (χ0v) is 12.6. The summed E-state index contributed by atoms with van der Waals surface area (Å²) in [5.74, 6) is -0.0799. The van der Waals surface area contributed by atoms with E-state index in [-0.39, 0.29) is 11.9 Å². The Morgan fingerprint density at radius 2 is 2.39 bits per heavy atom. The van der Waals surface area contributed by atoms with Crippen LogP contribution in [0.5, 0.6) is 0 Å². The largest absolute Gasteiger partial charge is 0.347 e. The number of fused-ring (bicyclic) bond motifs is 1. The second-order valence-electron chi connectivity index (χ2n) is 4.11. The average Bonchev–Trinajstić information content (AvgIpc) is 2.96. The maximum Gasteiger partial charge on any atom is 0.280 e. The molecule has 0 bridgehead atoms. The Labute approximate surface area is 121 Å². The molecule has 0 saturated heterocycles. The number of amides is 1. The third-order valence-corrected chi connectivity index (χ3v) is 5.34. The molecule has 1 amide bonds. The van der Waals surface area contributed by atoms with E-state index < -0.39 is 0 Å². The fourth-order valence-corrected chi connectivity index (χ4v) is 4.08. The lowest BCUT2D eigenvalue weighted by atomic mass is 9.98. The highest BCUT2D eigenvalue weighted by Gasteiger charge is 2.23. The molecule has 0 saturated carbocycles. The molecule has 0 spiro atoms. The van der Waals surface area contributed by atoms with Crippen LogP contribution in [0.4, 0.5) is 0 Å². The van der Waals surface area contributed by atoms with Crippen LogP contribution in [0.1, 0.15) is 26.8 Å². The van der Waals surface area contributed by atoms with Gasteiger partial charge >= 0.3 is 0 Å². The van der Waals surface area contributed by atoms with E-state index in [0.717, 1.165) is 19.3 Å². The summed E-state index contributed by atoms with van der Waals surface area (Å²) in [7, 11) is 0. The number of aryl methyl sites for hydroxylation is 1. The fourth-order valence-electron chi connectivity index (χ4n) is 2.03. The van der Waals surface area contributed by atoms with E-state index in [1.165, 1.54) is 21.9 Å². The first-order chi connectivity index (χ1) is 8.72. The summed E-state index contributed by atoms with van der Waals surface area (Å²) in [6.45, 7) is 0. The van der Waals surface area contributed by atoms with Gasteiger partial charge in [-0.1, -0.05) is 0 Å². The highest BCUT2D eigenvalue weighted by atomic mass is 79.9. The first-order valence-electron chi connectivity index (χ1n) is 5.55. The number of halogens is 1. The molecule has 1 aliphatic rings. The van der Waals surface area contributed by atoms with Crippen molar-refractivity contribution < 1.29 is 4.79 Å². The molecule has 1 N–H and O–H groups in total. The molecule has 0 radical (unpaired) electrons. The molecular weight excluding hydrogens is 334 g/mol. The summed E-state index contributed by atoms with van der Waals surface area (Å²) in [6, 6.07) is 0.202. The van der Waals surface area contributed by atoms with E-state index in [9.17, 15) is 4.79 Å². The molecular formula is C11H10BrN3OS2. The number of carbonyl (C=O) groups excluding carboxylic acids is 1. The van der Waals surface area contributed by atoms with Gasteiger partial charge in [0.15, 0.2) is 5.01 Å². The third kappa shape index (κ3) is 2.48. The number of rotatable bonds is 2. The van der Waals surface area contributed by atoms with E-state index in [1.807, 2.05) is 10.9 Å². The zero-order chi connectivity index (χ0) is 12.5. The van der Waals surface area contributed by atoms with Crippen molar-refractivity contribution in [2.75, 3.05) is 0 Å². The van der Waals surface area contributed by atoms with Crippen LogP contribution in [0.2, 0.25) is 0 Å². The van der Waals surface area contributed by atoms with Crippen molar-refractivity contribution in [3.63, 3.8) is 0 Å². The van der Waals surface area contributed by atoms with E-state index in [0.29, 0.717) is 9.61 Å². The van der Waals surface area contributed by atoms with Gasteiger partial charge in [-0.15, -0.1) is 22.7 Å². The molecule has 1 aliphatic carbocycles. The molecule has 0 aromatic carbocycles. The number of hydrogen-bond acceptors (Lipinski definition) is 5. The molecule has 2 heterocycles. The van der Waals surface area contributed by atoms with Gasteiger partial charge in [0, 0.05) is 22.7 Å². The number of thiazole rings is 2. The van der Waals surface area contributed by atoms with Crippen LogP contribution in [0.3, 0.4) is 0 Å². The Balaban J connectivity index is 1.66.